The van der Waals surface area contributed by atoms with Gasteiger partial charge in [0.2, 0.25) is 0 Å². The Labute approximate surface area is 129 Å². The molecular formula is C13H14N2O8. The number of carboxylic acid groups (broad SMARTS) is 4. The molecule has 1 rings (SSSR count). The molecular weight excluding hydrogens is 312 g/mol. The molecule has 0 radical (unpaired) electrons. The summed E-state index contributed by atoms with van der Waals surface area (Å²) in [5.74, 6) is -5.17. The molecule has 0 unspecified atom stereocenters. The molecule has 0 bridgehead atoms. The van der Waals surface area contributed by atoms with Crippen LogP contribution in [0.1, 0.15) is 25.7 Å². The number of nitrogens with one attached hydrogen (secondary N) is 1. The van der Waals surface area contributed by atoms with Crippen molar-refractivity contribution in [1.82, 2.24) is 5.43 Å². The van der Waals surface area contributed by atoms with E-state index in [1.165, 1.54) is 0 Å². The van der Waals surface area contributed by atoms with Crippen LogP contribution < -0.4 is 5.43 Å². The molecule has 0 aliphatic carbocycles. The van der Waals surface area contributed by atoms with E-state index < -0.39 is 49.6 Å². The fourth-order valence-corrected chi connectivity index (χ4v) is 2.05. The highest BCUT2D eigenvalue weighted by molar-refractivity contribution is 6.11. The number of carbonyl (C=O) groups is 4. The number of hydrogen-bond donors (Lipinski definition) is 5. The smallest absolute Gasteiger partial charge is 0.309 e. The molecule has 0 aromatic heterocycles. The molecule has 5 N–H and O–H groups in total. The van der Waals surface area contributed by atoms with Crippen molar-refractivity contribution in [2.45, 2.75) is 25.7 Å². The minimum Gasteiger partial charge on any atom is -0.481 e. The third-order valence-corrected chi connectivity index (χ3v) is 2.85. The molecule has 124 valence electrons. The van der Waals surface area contributed by atoms with E-state index in [1.807, 2.05) is 0 Å². The fraction of sp³-hybridized carbons (Fsp3) is 0.308. The van der Waals surface area contributed by atoms with Crippen molar-refractivity contribution in [1.29, 1.82) is 0 Å². The molecule has 0 aromatic carbocycles. The minimum atomic E-state index is -1.32. The summed E-state index contributed by atoms with van der Waals surface area (Å²) in [6, 6.07) is 0. The largest absolute Gasteiger partial charge is 0.481 e. The highest BCUT2D eigenvalue weighted by Gasteiger charge is 2.25. The van der Waals surface area contributed by atoms with Crippen LogP contribution in [0.4, 0.5) is 0 Å². The number of hydrazone groups is 1. The molecule has 0 aromatic rings. The number of hydrogen-bond acceptors (Lipinski definition) is 6. The van der Waals surface area contributed by atoms with Gasteiger partial charge in [-0.05, 0) is 16.7 Å². The molecule has 23 heavy (non-hydrogen) atoms. The van der Waals surface area contributed by atoms with E-state index in [9.17, 15) is 19.2 Å². The Balaban J connectivity index is 3.45. The molecule has 10 heteroatoms. The number of carboxylic acids is 4. The van der Waals surface area contributed by atoms with Crippen molar-refractivity contribution >= 4 is 29.6 Å². The summed E-state index contributed by atoms with van der Waals surface area (Å²) in [5, 5.41) is 39.5. The predicted octanol–water partition coefficient (Wildman–Crippen LogP) is 0.0249. The summed E-state index contributed by atoms with van der Waals surface area (Å²) < 4.78 is 0. The summed E-state index contributed by atoms with van der Waals surface area (Å²) in [6.07, 6.45) is -1.39. The average Bonchev–Trinajstić information content (AvgIpc) is 2.51. The zero-order valence-electron chi connectivity index (χ0n) is 11.8. The van der Waals surface area contributed by atoms with Crippen molar-refractivity contribution in [2.75, 3.05) is 0 Å². The van der Waals surface area contributed by atoms with E-state index in [2.05, 4.69) is 10.5 Å². The normalized spacial score (nSPS) is 14.3. The van der Waals surface area contributed by atoms with E-state index in [0.717, 1.165) is 6.20 Å². The second kappa shape index (κ2) is 7.73. The Morgan fingerprint density at radius 3 is 1.74 bits per heavy atom. The summed E-state index contributed by atoms with van der Waals surface area (Å²) >= 11 is 0. The van der Waals surface area contributed by atoms with Gasteiger partial charge in [-0.2, -0.15) is 5.10 Å². The molecule has 0 saturated carbocycles. The topological polar surface area (TPSA) is 174 Å². The van der Waals surface area contributed by atoms with Crippen molar-refractivity contribution in [3.63, 3.8) is 0 Å². The van der Waals surface area contributed by atoms with Gasteiger partial charge in [-0.3, -0.25) is 24.6 Å². The van der Waals surface area contributed by atoms with Crippen molar-refractivity contribution in [3.05, 3.63) is 22.9 Å². The van der Waals surface area contributed by atoms with Crippen LogP contribution in [0.2, 0.25) is 0 Å². The lowest BCUT2D eigenvalue weighted by Crippen LogP contribution is -2.17. The highest BCUT2D eigenvalue weighted by Crippen LogP contribution is 2.27. The van der Waals surface area contributed by atoms with Gasteiger partial charge in [0.15, 0.2) is 0 Å². The first-order valence-corrected chi connectivity index (χ1v) is 6.31. The molecule has 0 spiro atoms. The summed E-state index contributed by atoms with van der Waals surface area (Å²) in [4.78, 5) is 43.9. The Morgan fingerprint density at radius 2 is 1.26 bits per heavy atom. The van der Waals surface area contributed by atoms with Gasteiger partial charge < -0.3 is 20.4 Å². The van der Waals surface area contributed by atoms with Crippen LogP contribution in [0.3, 0.4) is 0 Å². The monoisotopic (exact) mass is 326 g/mol. The van der Waals surface area contributed by atoms with E-state index in [4.69, 9.17) is 20.4 Å². The van der Waals surface area contributed by atoms with E-state index in [1.54, 1.807) is 0 Å². The first-order valence-electron chi connectivity index (χ1n) is 6.31. The first kappa shape index (κ1) is 17.9. The van der Waals surface area contributed by atoms with Gasteiger partial charge >= 0.3 is 23.9 Å². The van der Waals surface area contributed by atoms with Gasteiger partial charge in [-0.1, -0.05) is 0 Å². The van der Waals surface area contributed by atoms with Gasteiger partial charge in [0.1, 0.15) is 0 Å². The lowest BCUT2D eigenvalue weighted by Gasteiger charge is -2.13. The van der Waals surface area contributed by atoms with Gasteiger partial charge in [-0.15, -0.1) is 0 Å². The molecule has 1 heterocycles. The molecule has 1 aliphatic heterocycles. The van der Waals surface area contributed by atoms with E-state index in [0.29, 0.717) is 0 Å². The molecule has 10 nitrogen and oxygen atoms in total. The van der Waals surface area contributed by atoms with Crippen molar-refractivity contribution in [3.8, 4) is 0 Å². The molecule has 0 saturated heterocycles. The van der Waals surface area contributed by atoms with Crippen LogP contribution in [0.25, 0.3) is 0 Å². The maximum atomic E-state index is 11.0. The van der Waals surface area contributed by atoms with E-state index >= 15 is 0 Å². The Bertz CT molecular complexity index is 590. The zero-order chi connectivity index (χ0) is 17.6. The molecule has 1 aliphatic rings. The average molecular weight is 326 g/mol. The molecule has 0 fully saturated rings. The van der Waals surface area contributed by atoms with Crippen LogP contribution in [-0.2, 0) is 19.2 Å². The Kier molecular flexibility index (Phi) is 6.01. The highest BCUT2D eigenvalue weighted by atomic mass is 16.4. The minimum absolute atomic E-state index is 0.0280. The summed E-state index contributed by atoms with van der Waals surface area (Å²) in [7, 11) is 0. The van der Waals surface area contributed by atoms with Crippen LogP contribution in [0.15, 0.2) is 28.0 Å². The quantitative estimate of drug-likeness (QED) is 0.412. The third kappa shape index (κ3) is 5.61. The van der Waals surface area contributed by atoms with Gasteiger partial charge in [0.25, 0.3) is 0 Å². The number of nitrogens with zero attached hydrogens (tertiary/aromatic N) is 1. The lowest BCUT2D eigenvalue weighted by atomic mass is 9.90. The van der Waals surface area contributed by atoms with Crippen molar-refractivity contribution < 1.29 is 39.6 Å². The molecule has 0 amide bonds. The second-order valence-corrected chi connectivity index (χ2v) is 4.60. The maximum absolute atomic E-state index is 11.0. The fourth-order valence-electron chi connectivity index (χ4n) is 2.05. The van der Waals surface area contributed by atoms with E-state index in [-0.39, 0.29) is 22.4 Å². The standard InChI is InChI=1S/C13H14N2O8/c16-10(17)1-6-5-14-15-9(4-13(22)23)8(3-12(20)21)7(6)2-11(18)19/h5,14H,1-4H2,(H,16,17)(H,18,19)(H,20,21)(H,22,23). The third-order valence-electron chi connectivity index (χ3n) is 2.85. The Morgan fingerprint density at radius 1 is 0.783 bits per heavy atom. The predicted molar refractivity (Wildman–Crippen MR) is 74.7 cm³/mol. The zero-order valence-corrected chi connectivity index (χ0v) is 11.8. The van der Waals surface area contributed by atoms with Gasteiger partial charge in [0.05, 0.1) is 31.4 Å². The Hall–Kier alpha value is -3.17. The van der Waals surface area contributed by atoms with Crippen molar-refractivity contribution in [2.24, 2.45) is 5.10 Å². The number of aliphatic carboxylic acids is 4. The van der Waals surface area contributed by atoms with Gasteiger partial charge in [-0.25, -0.2) is 0 Å². The first-order chi connectivity index (χ1) is 10.7. The number of rotatable bonds is 8. The SMILES string of the molecule is O=C(O)CC1=CNN=C(CC(=O)O)C(CC(=O)O)=C1CC(=O)O. The van der Waals surface area contributed by atoms with Crippen LogP contribution in [0.5, 0.6) is 0 Å². The summed E-state index contributed by atoms with van der Waals surface area (Å²) in [6.45, 7) is 0. The van der Waals surface area contributed by atoms with Crippen LogP contribution >= 0.6 is 0 Å². The van der Waals surface area contributed by atoms with Crippen LogP contribution in [-0.4, -0.2) is 50.0 Å². The second-order valence-electron chi connectivity index (χ2n) is 4.60. The lowest BCUT2D eigenvalue weighted by molar-refractivity contribution is -0.138. The maximum Gasteiger partial charge on any atom is 0.309 e. The molecule has 0 atom stereocenters. The summed E-state index contributed by atoms with van der Waals surface area (Å²) in [5.41, 5.74) is 2.03. The van der Waals surface area contributed by atoms with Gasteiger partial charge in [0, 0.05) is 6.20 Å². The van der Waals surface area contributed by atoms with Crippen LogP contribution in [0, 0.1) is 0 Å².